The smallest absolute Gasteiger partial charge is 0.0376 e. The number of benzene rings is 1. The van der Waals surface area contributed by atoms with Gasteiger partial charge in [-0.1, -0.05) is 12.1 Å². The Balaban J connectivity index is 1.93. The zero-order valence-corrected chi connectivity index (χ0v) is 9.05. The second kappa shape index (κ2) is 3.86. The van der Waals surface area contributed by atoms with Crippen LogP contribution in [0.1, 0.15) is 29.9 Å². The first kappa shape index (κ1) is 9.22. The average Bonchev–Trinajstić information content (AvgIpc) is 2.78. The monoisotopic (exact) mass is 202 g/mol. The molecule has 80 valence electrons. The van der Waals surface area contributed by atoms with Crippen molar-refractivity contribution in [1.29, 1.82) is 0 Å². The van der Waals surface area contributed by atoms with Crippen LogP contribution < -0.4 is 10.6 Å². The predicted octanol–water partition coefficient (Wildman–Crippen LogP) is 2.12. The number of rotatable bonds is 1. The highest BCUT2D eigenvalue weighted by Crippen LogP contribution is 2.34. The van der Waals surface area contributed by atoms with E-state index in [1.807, 2.05) is 0 Å². The molecular weight excluding hydrogens is 184 g/mol. The molecule has 0 bridgehead atoms. The van der Waals surface area contributed by atoms with Gasteiger partial charge in [-0.3, -0.25) is 0 Å². The van der Waals surface area contributed by atoms with Gasteiger partial charge >= 0.3 is 0 Å². The van der Waals surface area contributed by atoms with Gasteiger partial charge in [0.15, 0.2) is 0 Å². The number of nitrogens with one attached hydrogen (secondary N) is 2. The third-order valence-electron chi connectivity index (χ3n) is 3.68. The molecule has 0 amide bonds. The van der Waals surface area contributed by atoms with Crippen molar-refractivity contribution in [2.24, 2.45) is 0 Å². The molecule has 15 heavy (non-hydrogen) atoms. The third kappa shape index (κ3) is 1.63. The minimum atomic E-state index is 0.793. The molecule has 2 heterocycles. The highest BCUT2D eigenvalue weighted by Gasteiger charge is 2.21. The maximum Gasteiger partial charge on any atom is 0.0376 e. The maximum absolute atomic E-state index is 3.46. The molecule has 0 unspecified atom stereocenters. The van der Waals surface area contributed by atoms with Gasteiger partial charge in [-0.25, -0.2) is 0 Å². The lowest BCUT2D eigenvalue weighted by Gasteiger charge is -2.24. The van der Waals surface area contributed by atoms with Crippen LogP contribution >= 0.6 is 0 Å². The van der Waals surface area contributed by atoms with E-state index < -0.39 is 0 Å². The van der Waals surface area contributed by atoms with Gasteiger partial charge < -0.3 is 10.6 Å². The van der Waals surface area contributed by atoms with Crippen LogP contribution in [0, 0.1) is 0 Å². The van der Waals surface area contributed by atoms with Crippen molar-refractivity contribution >= 4 is 5.69 Å². The molecule has 1 saturated heterocycles. The van der Waals surface area contributed by atoms with Gasteiger partial charge in [0.05, 0.1) is 0 Å². The average molecular weight is 202 g/mol. The van der Waals surface area contributed by atoms with Crippen molar-refractivity contribution in [2.75, 3.05) is 25.0 Å². The first-order valence-corrected chi connectivity index (χ1v) is 6.01. The Hall–Kier alpha value is -1.02. The van der Waals surface area contributed by atoms with Crippen LogP contribution in [-0.4, -0.2) is 19.6 Å². The minimum absolute atomic E-state index is 0.793. The lowest BCUT2D eigenvalue weighted by molar-refractivity contribution is 0.459. The lowest BCUT2D eigenvalue weighted by atomic mass is 9.86. The van der Waals surface area contributed by atoms with E-state index in [1.165, 1.54) is 38.0 Å². The van der Waals surface area contributed by atoms with Crippen molar-refractivity contribution in [2.45, 2.75) is 25.2 Å². The van der Waals surface area contributed by atoms with E-state index >= 15 is 0 Å². The largest absolute Gasteiger partial charge is 0.384 e. The Bertz CT molecular complexity index is 354. The maximum atomic E-state index is 3.46. The zero-order chi connectivity index (χ0) is 10.1. The van der Waals surface area contributed by atoms with Crippen LogP contribution in [-0.2, 0) is 6.42 Å². The second-order valence-corrected chi connectivity index (χ2v) is 4.57. The van der Waals surface area contributed by atoms with E-state index in [0.717, 1.165) is 12.5 Å². The first-order chi connectivity index (χ1) is 7.45. The molecule has 2 N–H and O–H groups in total. The Morgan fingerprint density at radius 1 is 1.07 bits per heavy atom. The molecule has 0 spiro atoms. The Kier molecular flexibility index (Phi) is 2.37. The SMILES string of the molecule is c1cc2c(c(C3CCNCC3)c1)CCN2. The van der Waals surface area contributed by atoms with Gasteiger partial charge in [0, 0.05) is 12.2 Å². The van der Waals surface area contributed by atoms with Crippen LogP contribution in [0.5, 0.6) is 0 Å². The molecule has 2 heteroatoms. The number of fused-ring (bicyclic) bond motifs is 1. The van der Waals surface area contributed by atoms with Crippen molar-refractivity contribution < 1.29 is 0 Å². The number of anilines is 1. The molecule has 0 aliphatic carbocycles. The lowest BCUT2D eigenvalue weighted by Crippen LogP contribution is -2.27. The normalized spacial score (nSPS) is 21.1. The van der Waals surface area contributed by atoms with E-state index in [9.17, 15) is 0 Å². The van der Waals surface area contributed by atoms with Gasteiger partial charge in [0.25, 0.3) is 0 Å². The molecule has 3 rings (SSSR count). The summed E-state index contributed by atoms with van der Waals surface area (Å²) in [6.45, 7) is 3.49. The first-order valence-electron chi connectivity index (χ1n) is 6.01. The quantitative estimate of drug-likeness (QED) is 0.729. The van der Waals surface area contributed by atoms with Crippen LogP contribution in [0.25, 0.3) is 0 Å². The van der Waals surface area contributed by atoms with Crippen LogP contribution in [0.2, 0.25) is 0 Å². The van der Waals surface area contributed by atoms with Crippen molar-refractivity contribution in [3.63, 3.8) is 0 Å². The van der Waals surface area contributed by atoms with Gasteiger partial charge in [-0.15, -0.1) is 0 Å². The molecule has 0 saturated carbocycles. The fourth-order valence-corrected chi connectivity index (χ4v) is 2.89. The van der Waals surface area contributed by atoms with Crippen molar-refractivity contribution in [3.8, 4) is 0 Å². The summed E-state index contributed by atoms with van der Waals surface area (Å²) in [5.41, 5.74) is 4.58. The molecule has 1 aromatic rings. The molecule has 2 aliphatic rings. The summed E-state index contributed by atoms with van der Waals surface area (Å²) in [6.07, 6.45) is 3.82. The third-order valence-corrected chi connectivity index (χ3v) is 3.68. The summed E-state index contributed by atoms with van der Waals surface area (Å²) in [4.78, 5) is 0. The number of hydrogen-bond donors (Lipinski definition) is 2. The number of hydrogen-bond acceptors (Lipinski definition) is 2. The summed E-state index contributed by atoms with van der Waals surface area (Å²) in [5, 5.41) is 6.90. The molecular formula is C13H18N2. The molecule has 2 nitrogen and oxygen atoms in total. The highest BCUT2D eigenvalue weighted by atomic mass is 14.9. The second-order valence-electron chi connectivity index (χ2n) is 4.57. The van der Waals surface area contributed by atoms with Crippen molar-refractivity contribution in [3.05, 3.63) is 29.3 Å². The topological polar surface area (TPSA) is 24.1 Å². The van der Waals surface area contributed by atoms with Gasteiger partial charge in [-0.2, -0.15) is 0 Å². The number of piperidine rings is 1. The molecule has 1 aromatic carbocycles. The Morgan fingerprint density at radius 3 is 2.80 bits per heavy atom. The molecule has 2 aliphatic heterocycles. The summed E-state index contributed by atoms with van der Waals surface area (Å²) in [6, 6.07) is 6.75. The predicted molar refractivity (Wildman–Crippen MR) is 63.5 cm³/mol. The fourth-order valence-electron chi connectivity index (χ4n) is 2.89. The Labute approximate surface area is 91.1 Å². The molecule has 0 aromatic heterocycles. The standard InChI is InChI=1S/C13H18N2/c1-2-11(10-4-7-14-8-5-10)12-6-9-15-13(12)3-1/h1-3,10,14-15H,4-9H2. The van der Waals surface area contributed by atoms with Crippen LogP contribution in [0.4, 0.5) is 5.69 Å². The van der Waals surface area contributed by atoms with E-state index in [-0.39, 0.29) is 0 Å². The molecule has 0 radical (unpaired) electrons. The van der Waals surface area contributed by atoms with E-state index in [0.29, 0.717) is 0 Å². The van der Waals surface area contributed by atoms with E-state index in [4.69, 9.17) is 0 Å². The summed E-state index contributed by atoms with van der Waals surface area (Å²) < 4.78 is 0. The molecule has 0 atom stereocenters. The van der Waals surface area contributed by atoms with Crippen LogP contribution in [0.15, 0.2) is 18.2 Å². The summed E-state index contributed by atoms with van der Waals surface area (Å²) in [7, 11) is 0. The van der Waals surface area contributed by atoms with Gasteiger partial charge in [-0.05, 0) is 55.5 Å². The van der Waals surface area contributed by atoms with Crippen molar-refractivity contribution in [1.82, 2.24) is 5.32 Å². The fraction of sp³-hybridized carbons (Fsp3) is 0.538. The highest BCUT2D eigenvalue weighted by molar-refractivity contribution is 5.59. The van der Waals surface area contributed by atoms with Crippen LogP contribution in [0.3, 0.4) is 0 Å². The summed E-state index contributed by atoms with van der Waals surface area (Å²) in [5.74, 6) is 0.793. The summed E-state index contributed by atoms with van der Waals surface area (Å²) >= 11 is 0. The zero-order valence-electron chi connectivity index (χ0n) is 9.05. The molecule has 1 fully saturated rings. The van der Waals surface area contributed by atoms with Gasteiger partial charge in [0.1, 0.15) is 0 Å². The Morgan fingerprint density at radius 2 is 1.93 bits per heavy atom. The van der Waals surface area contributed by atoms with Gasteiger partial charge in [0.2, 0.25) is 0 Å². The minimum Gasteiger partial charge on any atom is -0.384 e. The van der Waals surface area contributed by atoms with E-state index in [2.05, 4.69) is 28.8 Å². The van der Waals surface area contributed by atoms with E-state index in [1.54, 1.807) is 11.1 Å².